The summed E-state index contributed by atoms with van der Waals surface area (Å²) >= 11 is 1.61. The molecule has 0 radical (unpaired) electrons. The number of rotatable bonds is 15. The third kappa shape index (κ3) is 8.99. The van der Waals surface area contributed by atoms with Gasteiger partial charge in [-0.05, 0) is 76.1 Å². The number of carbonyl (C=O) groups excluding carboxylic acids is 1. The molecule has 0 aliphatic carbocycles. The number of aryl methyl sites for hydroxylation is 1. The topological polar surface area (TPSA) is 129 Å². The first-order valence-corrected chi connectivity index (χ1v) is 16.3. The van der Waals surface area contributed by atoms with Crippen molar-refractivity contribution in [1.82, 2.24) is 14.9 Å². The molecule has 0 saturated carbocycles. The molecule has 1 aliphatic heterocycles. The molecular formula is C33H43FN4O6S. The van der Waals surface area contributed by atoms with Crippen LogP contribution >= 0.6 is 11.8 Å². The van der Waals surface area contributed by atoms with E-state index in [2.05, 4.69) is 9.97 Å². The summed E-state index contributed by atoms with van der Waals surface area (Å²) in [5, 5.41) is 10.5. The standard InChI is InChI=1S/C33H43FN4O6S/c1-6-42-33(45-7-2)28-15-24(39)19-38(28)32(40)26-16-25(41-5)17-29(31(26)35)43-14-8-9-20(3)44-30-18-27(36-21(4)37-30)22-10-12-23(34)13-11-22/h10-13,16-18,20,24,28,33,39H,6-9,14-15,19,35H2,1-5H3/t20?,24-,28+,33?/m1/s1. The molecule has 1 aliphatic rings. The van der Waals surface area contributed by atoms with Crippen LogP contribution in [0, 0.1) is 12.7 Å². The fourth-order valence-corrected chi connectivity index (χ4v) is 6.33. The molecule has 2 aromatic carbocycles. The predicted octanol–water partition coefficient (Wildman–Crippen LogP) is 5.50. The second kappa shape index (κ2) is 16.1. The minimum atomic E-state index is -0.646. The van der Waals surface area contributed by atoms with E-state index in [1.807, 2.05) is 20.8 Å². The van der Waals surface area contributed by atoms with Crippen molar-refractivity contribution in [2.75, 3.05) is 38.4 Å². The van der Waals surface area contributed by atoms with E-state index < -0.39 is 6.10 Å². The van der Waals surface area contributed by atoms with Crippen molar-refractivity contribution >= 4 is 23.4 Å². The molecule has 2 unspecified atom stereocenters. The number of benzene rings is 2. The number of hydrogen-bond donors (Lipinski definition) is 2. The third-order valence-electron chi connectivity index (χ3n) is 7.43. The van der Waals surface area contributed by atoms with E-state index in [4.69, 9.17) is 24.7 Å². The van der Waals surface area contributed by atoms with Crippen LogP contribution in [0.4, 0.5) is 10.1 Å². The Morgan fingerprint density at radius 1 is 1.20 bits per heavy atom. The van der Waals surface area contributed by atoms with Crippen molar-refractivity contribution in [2.45, 2.75) is 70.6 Å². The first-order valence-electron chi connectivity index (χ1n) is 15.2. The molecule has 244 valence electrons. The quantitative estimate of drug-likeness (QED) is 0.125. The predicted molar refractivity (Wildman–Crippen MR) is 173 cm³/mol. The van der Waals surface area contributed by atoms with Crippen LogP contribution in [0.25, 0.3) is 11.3 Å². The molecule has 1 amide bonds. The number of methoxy groups -OCH3 is 1. The van der Waals surface area contributed by atoms with Crippen molar-refractivity contribution in [3.8, 4) is 28.6 Å². The summed E-state index contributed by atoms with van der Waals surface area (Å²) in [6, 6.07) is 10.8. The maximum atomic E-state index is 13.8. The smallest absolute Gasteiger partial charge is 0.256 e. The number of nitrogen functional groups attached to an aromatic ring is 1. The monoisotopic (exact) mass is 642 g/mol. The number of thioether (sulfide) groups is 1. The summed E-state index contributed by atoms with van der Waals surface area (Å²) < 4.78 is 36.9. The zero-order chi connectivity index (χ0) is 32.5. The molecule has 4 atom stereocenters. The van der Waals surface area contributed by atoms with E-state index in [1.165, 1.54) is 19.2 Å². The average molecular weight is 643 g/mol. The second-order valence-electron chi connectivity index (χ2n) is 10.8. The second-order valence-corrected chi connectivity index (χ2v) is 12.2. The van der Waals surface area contributed by atoms with E-state index in [0.717, 1.165) is 11.3 Å². The van der Waals surface area contributed by atoms with Crippen LogP contribution in [-0.4, -0.2) is 82.2 Å². The number of hydrogen-bond acceptors (Lipinski definition) is 10. The van der Waals surface area contributed by atoms with Gasteiger partial charge in [-0.2, -0.15) is 4.98 Å². The molecule has 2 heterocycles. The minimum absolute atomic E-state index is 0.179. The maximum Gasteiger partial charge on any atom is 0.256 e. The van der Waals surface area contributed by atoms with Gasteiger partial charge in [-0.3, -0.25) is 4.79 Å². The molecule has 0 spiro atoms. The molecule has 45 heavy (non-hydrogen) atoms. The zero-order valence-corrected chi connectivity index (χ0v) is 27.3. The van der Waals surface area contributed by atoms with Gasteiger partial charge in [0.2, 0.25) is 5.88 Å². The Kier molecular flexibility index (Phi) is 12.3. The van der Waals surface area contributed by atoms with E-state index in [0.29, 0.717) is 61.4 Å². The molecule has 1 saturated heterocycles. The third-order valence-corrected chi connectivity index (χ3v) is 8.54. The number of aliphatic hydroxyl groups excluding tert-OH is 1. The van der Waals surface area contributed by atoms with Gasteiger partial charge in [-0.25, -0.2) is 9.37 Å². The number of aromatic nitrogens is 2. The average Bonchev–Trinajstić information content (AvgIpc) is 3.41. The first kappa shape index (κ1) is 34.3. The summed E-state index contributed by atoms with van der Waals surface area (Å²) in [6.07, 6.45) is 0.902. The van der Waals surface area contributed by atoms with Crippen molar-refractivity contribution in [2.24, 2.45) is 0 Å². The van der Waals surface area contributed by atoms with Crippen molar-refractivity contribution in [1.29, 1.82) is 0 Å². The van der Waals surface area contributed by atoms with Crippen molar-refractivity contribution in [3.63, 3.8) is 0 Å². The largest absolute Gasteiger partial charge is 0.497 e. The van der Waals surface area contributed by atoms with Crippen LogP contribution in [-0.2, 0) is 4.74 Å². The van der Waals surface area contributed by atoms with Crippen LogP contribution in [0.15, 0.2) is 42.5 Å². The van der Waals surface area contributed by atoms with Gasteiger partial charge in [0.15, 0.2) is 0 Å². The number of carbonyl (C=O) groups is 1. The number of nitrogens with zero attached hydrogens (tertiary/aromatic N) is 3. The highest BCUT2D eigenvalue weighted by molar-refractivity contribution is 7.99. The highest BCUT2D eigenvalue weighted by Crippen LogP contribution is 2.36. The molecule has 1 aromatic heterocycles. The number of aliphatic hydroxyl groups is 1. The van der Waals surface area contributed by atoms with Gasteiger partial charge in [0.1, 0.15) is 28.6 Å². The SMILES string of the molecule is CCOC(SCC)[C@@H]1C[C@@H](O)CN1C(=O)c1cc(OC)cc(OCCCC(C)Oc2cc(-c3ccc(F)cc3)nc(C)n2)c1N. The van der Waals surface area contributed by atoms with Crippen LogP contribution in [0.3, 0.4) is 0 Å². The lowest BCUT2D eigenvalue weighted by Crippen LogP contribution is -2.43. The van der Waals surface area contributed by atoms with E-state index in [-0.39, 0.29) is 47.1 Å². The van der Waals surface area contributed by atoms with Crippen molar-refractivity contribution in [3.05, 3.63) is 59.7 Å². The Bertz CT molecular complexity index is 1420. The van der Waals surface area contributed by atoms with Gasteiger partial charge in [-0.15, -0.1) is 11.8 Å². The van der Waals surface area contributed by atoms with Gasteiger partial charge in [0.05, 0.1) is 48.9 Å². The summed E-state index contributed by atoms with van der Waals surface area (Å²) in [4.78, 5) is 24.3. The molecule has 10 nitrogen and oxygen atoms in total. The number of halogens is 1. The highest BCUT2D eigenvalue weighted by Gasteiger charge is 2.41. The molecule has 0 bridgehead atoms. The Morgan fingerprint density at radius 3 is 2.64 bits per heavy atom. The highest BCUT2D eigenvalue weighted by atomic mass is 32.2. The molecular weight excluding hydrogens is 599 g/mol. The molecule has 4 rings (SSSR count). The summed E-state index contributed by atoms with van der Waals surface area (Å²) in [6.45, 7) is 8.70. The van der Waals surface area contributed by atoms with E-state index in [1.54, 1.807) is 53.9 Å². The lowest BCUT2D eigenvalue weighted by Gasteiger charge is -2.31. The number of likely N-dealkylation sites (tertiary alicyclic amines) is 1. The van der Waals surface area contributed by atoms with Crippen molar-refractivity contribution < 1.29 is 33.2 Å². The Labute approximate surface area is 268 Å². The number of nitrogens with two attached hydrogens (primary N) is 1. The Balaban J connectivity index is 1.39. The van der Waals surface area contributed by atoms with Crippen LogP contribution in [0.1, 0.15) is 56.2 Å². The van der Waals surface area contributed by atoms with Gasteiger partial charge in [0.25, 0.3) is 5.91 Å². The Hall–Kier alpha value is -3.61. The van der Waals surface area contributed by atoms with Gasteiger partial charge < -0.3 is 34.7 Å². The van der Waals surface area contributed by atoms with Gasteiger partial charge in [-0.1, -0.05) is 6.92 Å². The Morgan fingerprint density at radius 2 is 1.96 bits per heavy atom. The summed E-state index contributed by atoms with van der Waals surface area (Å²) in [7, 11) is 1.52. The number of amides is 1. The normalized spacial score (nSPS) is 17.6. The minimum Gasteiger partial charge on any atom is -0.497 e. The van der Waals surface area contributed by atoms with Crippen LogP contribution in [0.2, 0.25) is 0 Å². The van der Waals surface area contributed by atoms with E-state index >= 15 is 0 Å². The zero-order valence-electron chi connectivity index (χ0n) is 26.5. The summed E-state index contributed by atoms with van der Waals surface area (Å²) in [5.41, 5.74) is 8.13. The van der Waals surface area contributed by atoms with Crippen LogP contribution < -0.4 is 19.9 Å². The molecule has 3 aromatic rings. The number of β-amino-alcohol motifs (C(OH)–C–C–N with tert-alkyl or cyclic N) is 1. The fourth-order valence-electron chi connectivity index (χ4n) is 5.29. The van der Waals surface area contributed by atoms with Gasteiger partial charge >= 0.3 is 0 Å². The van der Waals surface area contributed by atoms with Gasteiger partial charge in [0, 0.05) is 30.8 Å². The molecule has 12 heteroatoms. The lowest BCUT2D eigenvalue weighted by molar-refractivity contribution is 0.0461. The number of ether oxygens (including phenoxy) is 4. The molecule has 3 N–H and O–H groups in total. The maximum absolute atomic E-state index is 13.8. The van der Waals surface area contributed by atoms with E-state index in [9.17, 15) is 14.3 Å². The fraction of sp³-hybridized carbons (Fsp3) is 0.485. The summed E-state index contributed by atoms with van der Waals surface area (Å²) in [5.74, 6) is 1.98. The first-order chi connectivity index (χ1) is 21.6. The lowest BCUT2D eigenvalue weighted by atomic mass is 10.1. The molecule has 1 fully saturated rings. The number of anilines is 1. The van der Waals surface area contributed by atoms with Crippen LogP contribution in [0.5, 0.6) is 17.4 Å².